The average Bonchev–Trinajstić information content (AvgIpc) is 2.55. The van der Waals surface area contributed by atoms with Crippen molar-refractivity contribution in [2.24, 2.45) is 0 Å². The van der Waals surface area contributed by atoms with Crippen LogP contribution in [0.1, 0.15) is 5.56 Å². The van der Waals surface area contributed by atoms with E-state index in [1.165, 1.54) is 10.4 Å². The van der Waals surface area contributed by atoms with Crippen molar-refractivity contribution in [1.29, 1.82) is 0 Å². The normalized spacial score (nSPS) is 16.5. The molecule has 1 aliphatic rings. The van der Waals surface area contributed by atoms with E-state index in [1.807, 2.05) is 19.1 Å². The number of piperazine rings is 1. The summed E-state index contributed by atoms with van der Waals surface area (Å²) in [5.74, 6) is 0. The van der Waals surface area contributed by atoms with Gasteiger partial charge in [0.1, 0.15) is 0 Å². The molecule has 1 saturated heterocycles. The fourth-order valence-electron chi connectivity index (χ4n) is 2.74. The topological polar surface area (TPSA) is 53.5 Å². The SMILES string of the molecule is Cc1cc(Cl)cc(S(=O)(=O)N2CCN(c3ccncc3)CC2)c1. The van der Waals surface area contributed by atoms with Crippen molar-refractivity contribution in [2.45, 2.75) is 11.8 Å². The Bertz CT molecular complexity index is 768. The summed E-state index contributed by atoms with van der Waals surface area (Å²) in [4.78, 5) is 6.43. The van der Waals surface area contributed by atoms with Crippen LogP contribution in [0.15, 0.2) is 47.6 Å². The number of hydrogen-bond donors (Lipinski definition) is 0. The molecule has 122 valence electrons. The van der Waals surface area contributed by atoms with Crippen molar-refractivity contribution in [3.8, 4) is 0 Å². The Balaban J connectivity index is 1.76. The molecule has 0 N–H and O–H groups in total. The number of anilines is 1. The molecule has 0 atom stereocenters. The van der Waals surface area contributed by atoms with Crippen LogP contribution >= 0.6 is 11.6 Å². The van der Waals surface area contributed by atoms with Crippen LogP contribution < -0.4 is 4.90 Å². The molecule has 2 aromatic rings. The highest BCUT2D eigenvalue weighted by Crippen LogP contribution is 2.24. The highest BCUT2D eigenvalue weighted by molar-refractivity contribution is 7.89. The lowest BCUT2D eigenvalue weighted by Crippen LogP contribution is -2.48. The molecule has 0 saturated carbocycles. The largest absolute Gasteiger partial charge is 0.369 e. The number of sulfonamides is 1. The molecule has 1 aromatic heterocycles. The van der Waals surface area contributed by atoms with E-state index < -0.39 is 10.0 Å². The highest BCUT2D eigenvalue weighted by Gasteiger charge is 2.28. The molecule has 0 aliphatic carbocycles. The van der Waals surface area contributed by atoms with Gasteiger partial charge < -0.3 is 4.90 Å². The molecule has 23 heavy (non-hydrogen) atoms. The number of nitrogens with zero attached hydrogens (tertiary/aromatic N) is 3. The van der Waals surface area contributed by atoms with Crippen LogP contribution in [0.5, 0.6) is 0 Å². The number of hydrogen-bond acceptors (Lipinski definition) is 4. The van der Waals surface area contributed by atoms with Gasteiger partial charge in [0.25, 0.3) is 0 Å². The van der Waals surface area contributed by atoms with Crippen LogP contribution in [0.2, 0.25) is 5.02 Å². The Kier molecular flexibility index (Phi) is 4.57. The minimum Gasteiger partial charge on any atom is -0.369 e. The zero-order chi connectivity index (χ0) is 16.4. The lowest BCUT2D eigenvalue weighted by molar-refractivity contribution is 0.385. The van der Waals surface area contributed by atoms with E-state index in [1.54, 1.807) is 24.5 Å². The van der Waals surface area contributed by atoms with E-state index in [2.05, 4.69) is 9.88 Å². The summed E-state index contributed by atoms with van der Waals surface area (Å²) in [5.41, 5.74) is 1.90. The molecule has 2 heterocycles. The van der Waals surface area contributed by atoms with Gasteiger partial charge in [-0.2, -0.15) is 4.31 Å². The maximum absolute atomic E-state index is 12.8. The Hall–Kier alpha value is -1.63. The Morgan fingerprint density at radius 1 is 1.04 bits per heavy atom. The standard InChI is InChI=1S/C16H18ClN3O2S/c1-13-10-14(17)12-16(11-13)23(21,22)20-8-6-19(7-9-20)15-2-4-18-5-3-15/h2-5,10-12H,6-9H2,1H3. The van der Waals surface area contributed by atoms with E-state index in [9.17, 15) is 8.42 Å². The van der Waals surface area contributed by atoms with Gasteiger partial charge in [-0.3, -0.25) is 4.98 Å². The third-order valence-electron chi connectivity index (χ3n) is 3.92. The first-order chi connectivity index (χ1) is 11.0. The first-order valence-corrected chi connectivity index (χ1v) is 9.21. The van der Waals surface area contributed by atoms with Crippen LogP contribution in [0.25, 0.3) is 0 Å². The number of aromatic nitrogens is 1. The molecule has 1 fully saturated rings. The summed E-state index contributed by atoms with van der Waals surface area (Å²) in [5, 5.41) is 0.444. The van der Waals surface area contributed by atoms with Crippen LogP contribution in [0, 0.1) is 6.92 Å². The summed E-state index contributed by atoms with van der Waals surface area (Å²) in [6.07, 6.45) is 3.49. The molecule has 7 heteroatoms. The minimum atomic E-state index is -3.50. The van der Waals surface area contributed by atoms with Gasteiger partial charge in [0, 0.05) is 49.3 Å². The van der Waals surface area contributed by atoms with Crippen LogP contribution in [-0.4, -0.2) is 43.9 Å². The second-order valence-electron chi connectivity index (χ2n) is 5.56. The number of rotatable bonds is 3. The van der Waals surface area contributed by atoms with E-state index in [0.717, 1.165) is 11.3 Å². The Labute approximate surface area is 141 Å². The molecule has 5 nitrogen and oxygen atoms in total. The zero-order valence-corrected chi connectivity index (χ0v) is 14.4. The van der Waals surface area contributed by atoms with Crippen molar-refractivity contribution in [2.75, 3.05) is 31.1 Å². The third kappa shape index (κ3) is 3.49. The van der Waals surface area contributed by atoms with Crippen LogP contribution in [0.3, 0.4) is 0 Å². The fraction of sp³-hybridized carbons (Fsp3) is 0.312. The van der Waals surface area contributed by atoms with Crippen molar-refractivity contribution in [3.63, 3.8) is 0 Å². The number of halogens is 1. The Morgan fingerprint density at radius 3 is 2.30 bits per heavy atom. The van der Waals surface area contributed by atoms with Crippen LogP contribution in [0.4, 0.5) is 5.69 Å². The van der Waals surface area contributed by atoms with Crippen molar-refractivity contribution in [3.05, 3.63) is 53.3 Å². The summed E-state index contributed by atoms with van der Waals surface area (Å²) in [7, 11) is -3.50. The van der Waals surface area contributed by atoms with Gasteiger partial charge in [-0.1, -0.05) is 11.6 Å². The molecule has 0 spiro atoms. The molecular weight excluding hydrogens is 334 g/mol. The molecular formula is C16H18ClN3O2S. The first kappa shape index (κ1) is 16.2. The van der Waals surface area contributed by atoms with Crippen molar-refractivity contribution < 1.29 is 8.42 Å². The quantitative estimate of drug-likeness (QED) is 0.852. The van der Waals surface area contributed by atoms with Crippen LogP contribution in [-0.2, 0) is 10.0 Å². The second kappa shape index (κ2) is 6.47. The molecule has 0 unspecified atom stereocenters. The first-order valence-electron chi connectivity index (χ1n) is 7.39. The average molecular weight is 352 g/mol. The van der Waals surface area contributed by atoms with Gasteiger partial charge >= 0.3 is 0 Å². The number of pyridine rings is 1. The Morgan fingerprint density at radius 2 is 1.70 bits per heavy atom. The van der Waals surface area contributed by atoms with Gasteiger partial charge in [-0.15, -0.1) is 0 Å². The van der Waals surface area contributed by atoms with Crippen molar-refractivity contribution >= 4 is 27.3 Å². The van der Waals surface area contributed by atoms with E-state index in [4.69, 9.17) is 11.6 Å². The van der Waals surface area contributed by atoms with Gasteiger partial charge in [0.05, 0.1) is 4.90 Å². The third-order valence-corrected chi connectivity index (χ3v) is 6.01. The summed E-state index contributed by atoms with van der Waals surface area (Å²) >= 11 is 6.00. The van der Waals surface area contributed by atoms with Gasteiger partial charge in [0.2, 0.25) is 10.0 Å². The maximum Gasteiger partial charge on any atom is 0.243 e. The van der Waals surface area contributed by atoms with E-state index in [0.29, 0.717) is 31.2 Å². The second-order valence-corrected chi connectivity index (χ2v) is 7.94. The zero-order valence-electron chi connectivity index (χ0n) is 12.8. The van der Waals surface area contributed by atoms with E-state index >= 15 is 0 Å². The maximum atomic E-state index is 12.8. The molecule has 1 aliphatic heterocycles. The lowest BCUT2D eigenvalue weighted by atomic mass is 10.2. The highest BCUT2D eigenvalue weighted by atomic mass is 35.5. The fourth-order valence-corrected chi connectivity index (χ4v) is 4.65. The van der Waals surface area contributed by atoms with E-state index in [-0.39, 0.29) is 4.90 Å². The monoisotopic (exact) mass is 351 g/mol. The minimum absolute atomic E-state index is 0.264. The molecule has 0 amide bonds. The van der Waals surface area contributed by atoms with Gasteiger partial charge in [0.15, 0.2) is 0 Å². The lowest BCUT2D eigenvalue weighted by Gasteiger charge is -2.35. The molecule has 3 rings (SSSR count). The van der Waals surface area contributed by atoms with Crippen molar-refractivity contribution in [1.82, 2.24) is 9.29 Å². The smallest absolute Gasteiger partial charge is 0.243 e. The predicted octanol–water partition coefficient (Wildman–Crippen LogP) is 2.55. The molecule has 1 aromatic carbocycles. The number of benzene rings is 1. The predicted molar refractivity (Wildman–Crippen MR) is 91.4 cm³/mol. The molecule has 0 bridgehead atoms. The van der Waals surface area contributed by atoms with Gasteiger partial charge in [-0.05, 0) is 42.8 Å². The molecule has 0 radical (unpaired) electrons. The summed E-state index contributed by atoms with van der Waals surface area (Å²) in [6.45, 7) is 4.06. The summed E-state index contributed by atoms with van der Waals surface area (Å²) < 4.78 is 27.1. The van der Waals surface area contributed by atoms with Gasteiger partial charge in [-0.25, -0.2) is 8.42 Å². The summed E-state index contributed by atoms with van der Waals surface area (Å²) in [6, 6.07) is 8.80. The number of aryl methyl sites for hydroxylation is 1.